The van der Waals surface area contributed by atoms with Crippen molar-refractivity contribution in [2.24, 2.45) is 0 Å². The molecule has 4 rings (SSSR count). The Morgan fingerprint density at radius 2 is 2.06 bits per heavy atom. The number of carbonyl (C=O) groups excluding carboxylic acids is 1. The molecule has 3 aromatic rings. The van der Waals surface area contributed by atoms with Gasteiger partial charge in [-0.25, -0.2) is 4.98 Å². The Morgan fingerprint density at radius 3 is 2.68 bits per heavy atom. The molecule has 0 saturated heterocycles. The number of thiazole rings is 1. The van der Waals surface area contributed by atoms with E-state index in [1.54, 1.807) is 25.6 Å². The number of ether oxygens (including phenoxy) is 2. The number of carbonyl (C=O) groups is 1. The lowest BCUT2D eigenvalue weighted by molar-refractivity contribution is 0.0969. The quantitative estimate of drug-likeness (QED) is 0.519. The fraction of sp³-hybridized carbons (Fsp3) is 0.304. The Bertz CT molecular complexity index is 1080. The van der Waals surface area contributed by atoms with E-state index in [1.165, 1.54) is 16.9 Å². The van der Waals surface area contributed by atoms with Crippen LogP contribution in [-0.4, -0.2) is 37.8 Å². The van der Waals surface area contributed by atoms with E-state index in [9.17, 15) is 4.79 Å². The van der Waals surface area contributed by atoms with Crippen LogP contribution < -0.4 is 15.0 Å². The van der Waals surface area contributed by atoms with E-state index in [0.29, 0.717) is 4.88 Å². The molecule has 1 unspecified atom stereocenters. The fourth-order valence-electron chi connectivity index (χ4n) is 3.30. The lowest BCUT2D eigenvalue weighted by Crippen LogP contribution is -2.23. The summed E-state index contributed by atoms with van der Waals surface area (Å²) in [6.45, 7) is 3.75. The van der Waals surface area contributed by atoms with Gasteiger partial charge in [0.25, 0.3) is 5.91 Å². The molecule has 2 aromatic heterocycles. The van der Waals surface area contributed by atoms with Gasteiger partial charge in [0.05, 0.1) is 22.8 Å². The number of amides is 1. The zero-order valence-electron chi connectivity index (χ0n) is 17.8. The highest BCUT2D eigenvalue weighted by atomic mass is 32.1. The van der Waals surface area contributed by atoms with Gasteiger partial charge in [0.1, 0.15) is 10.6 Å². The highest BCUT2D eigenvalue weighted by molar-refractivity contribution is 7.29. The lowest BCUT2D eigenvalue weighted by Gasteiger charge is -2.19. The number of hydrogen-bond acceptors (Lipinski definition) is 7. The topological polar surface area (TPSA) is 63.7 Å². The molecule has 1 atom stereocenters. The molecule has 0 radical (unpaired) electrons. The van der Waals surface area contributed by atoms with E-state index < -0.39 is 0 Å². The van der Waals surface area contributed by atoms with Crippen molar-refractivity contribution < 1.29 is 14.3 Å². The third kappa shape index (κ3) is 4.98. The van der Waals surface area contributed by atoms with Crippen LogP contribution in [0.2, 0.25) is 0 Å². The second-order valence-corrected chi connectivity index (χ2v) is 9.16. The summed E-state index contributed by atoms with van der Waals surface area (Å²) in [5, 5.41) is 3.94. The summed E-state index contributed by atoms with van der Waals surface area (Å²) in [6.07, 6.45) is 6.67. The lowest BCUT2D eigenvalue weighted by atomic mass is 10.1. The van der Waals surface area contributed by atoms with Crippen LogP contribution in [0.25, 0.3) is 9.53 Å². The minimum atomic E-state index is -0.103. The van der Waals surface area contributed by atoms with Crippen molar-refractivity contribution in [3.63, 3.8) is 0 Å². The Morgan fingerprint density at radius 1 is 1.26 bits per heavy atom. The van der Waals surface area contributed by atoms with Gasteiger partial charge in [-0.15, -0.1) is 11.3 Å². The number of nitrogens with one attached hydrogen (secondary N) is 1. The average Bonchev–Trinajstić information content (AvgIpc) is 3.38. The molecule has 0 saturated carbocycles. The number of hydrogen-bond donors (Lipinski definition) is 1. The third-order valence-corrected chi connectivity index (χ3v) is 7.33. The van der Waals surface area contributed by atoms with E-state index >= 15 is 0 Å². The first-order valence-corrected chi connectivity index (χ1v) is 11.7. The number of nitrogens with zero attached hydrogens (tertiary/aromatic N) is 2. The number of anilines is 1. The maximum Gasteiger partial charge on any atom is 0.265 e. The molecule has 2 heterocycles. The summed E-state index contributed by atoms with van der Waals surface area (Å²) < 4.78 is 11.6. The van der Waals surface area contributed by atoms with Gasteiger partial charge in [-0.1, -0.05) is 35.6 Å². The number of thiophene rings is 1. The van der Waals surface area contributed by atoms with E-state index in [2.05, 4.69) is 29.3 Å². The first kappa shape index (κ1) is 21.5. The molecule has 0 spiro atoms. The largest absolute Gasteiger partial charge is 0.497 e. The van der Waals surface area contributed by atoms with Gasteiger partial charge in [-0.2, -0.15) is 0 Å². The van der Waals surface area contributed by atoms with Crippen molar-refractivity contribution in [1.29, 1.82) is 0 Å². The summed E-state index contributed by atoms with van der Waals surface area (Å²) >= 11 is 3.05. The van der Waals surface area contributed by atoms with Crippen molar-refractivity contribution in [1.82, 2.24) is 10.3 Å². The van der Waals surface area contributed by atoms with Crippen LogP contribution in [0.1, 0.15) is 28.6 Å². The molecular weight excluding hydrogens is 430 g/mol. The minimum Gasteiger partial charge on any atom is -0.497 e. The molecule has 1 aliphatic carbocycles. The predicted octanol–water partition coefficient (Wildman–Crippen LogP) is 4.98. The molecule has 162 valence electrons. The van der Waals surface area contributed by atoms with E-state index in [4.69, 9.17) is 14.5 Å². The third-order valence-electron chi connectivity index (χ3n) is 5.11. The summed E-state index contributed by atoms with van der Waals surface area (Å²) in [5.41, 5.74) is 2.01. The maximum absolute atomic E-state index is 12.6. The number of allylic oxidation sites excluding steroid dienone is 1. The van der Waals surface area contributed by atoms with Gasteiger partial charge in [-0.05, 0) is 43.2 Å². The SMILES string of the molecule is CCN(Cc1ccc(OC)cc1)c1nc2sc(C(=O)NC3=CCC(OC)C=C3)cc2s1. The summed E-state index contributed by atoms with van der Waals surface area (Å²) in [7, 11) is 3.35. The van der Waals surface area contributed by atoms with Gasteiger partial charge in [0.2, 0.25) is 0 Å². The van der Waals surface area contributed by atoms with E-state index in [0.717, 1.165) is 45.6 Å². The smallest absolute Gasteiger partial charge is 0.265 e. The molecule has 1 N–H and O–H groups in total. The predicted molar refractivity (Wildman–Crippen MR) is 127 cm³/mol. The highest BCUT2D eigenvalue weighted by Crippen LogP contribution is 2.35. The van der Waals surface area contributed by atoms with Crippen LogP contribution in [0.4, 0.5) is 5.13 Å². The van der Waals surface area contributed by atoms with Crippen LogP contribution in [0.15, 0.2) is 54.3 Å². The standard InChI is InChI=1S/C23H25N3O3S2/c1-4-26(14-15-5-9-17(28-2)10-6-15)23-25-22-20(31-23)13-19(30-22)21(27)24-16-7-11-18(29-3)12-8-16/h5-11,13,18H,4,12,14H2,1-3H3,(H,24,27). The molecule has 0 aliphatic heterocycles. The maximum atomic E-state index is 12.6. The van der Waals surface area contributed by atoms with Gasteiger partial charge < -0.3 is 19.7 Å². The van der Waals surface area contributed by atoms with Gasteiger partial charge in [-0.3, -0.25) is 4.79 Å². The average molecular weight is 456 g/mol. The van der Waals surface area contributed by atoms with Crippen molar-refractivity contribution in [3.05, 3.63) is 64.7 Å². The van der Waals surface area contributed by atoms with Crippen molar-refractivity contribution in [3.8, 4) is 5.75 Å². The number of rotatable bonds is 8. The Kier molecular flexibility index (Phi) is 6.70. The van der Waals surface area contributed by atoms with Gasteiger partial charge in [0, 0.05) is 25.9 Å². The number of benzene rings is 1. The molecular formula is C23H25N3O3S2. The Balaban J connectivity index is 1.44. The van der Waals surface area contributed by atoms with Crippen LogP contribution in [-0.2, 0) is 11.3 Å². The number of methoxy groups -OCH3 is 2. The second kappa shape index (κ2) is 9.64. The fourth-order valence-corrected chi connectivity index (χ4v) is 5.47. The van der Waals surface area contributed by atoms with Crippen molar-refractivity contribution in [2.45, 2.75) is 26.0 Å². The van der Waals surface area contributed by atoms with Crippen LogP contribution >= 0.6 is 22.7 Å². The van der Waals surface area contributed by atoms with Crippen LogP contribution in [0.5, 0.6) is 5.75 Å². The van der Waals surface area contributed by atoms with Gasteiger partial charge in [0.15, 0.2) is 5.13 Å². The summed E-state index contributed by atoms with van der Waals surface area (Å²) in [4.78, 5) is 21.2. The molecule has 31 heavy (non-hydrogen) atoms. The Hall–Kier alpha value is -2.68. The van der Waals surface area contributed by atoms with Crippen LogP contribution in [0, 0.1) is 0 Å². The molecule has 8 heteroatoms. The van der Waals surface area contributed by atoms with Gasteiger partial charge >= 0.3 is 0 Å². The molecule has 0 fully saturated rings. The normalized spacial score (nSPS) is 15.7. The van der Waals surface area contributed by atoms with Crippen LogP contribution in [0.3, 0.4) is 0 Å². The Labute approximate surface area is 189 Å². The minimum absolute atomic E-state index is 0.0785. The summed E-state index contributed by atoms with van der Waals surface area (Å²) in [5.74, 6) is 0.749. The zero-order valence-corrected chi connectivity index (χ0v) is 19.4. The molecule has 1 aliphatic rings. The van der Waals surface area contributed by atoms with Crippen molar-refractivity contribution >= 4 is 43.2 Å². The number of fused-ring (bicyclic) bond motifs is 1. The molecule has 0 bridgehead atoms. The van der Waals surface area contributed by atoms with E-state index in [-0.39, 0.29) is 12.0 Å². The molecule has 1 aromatic carbocycles. The summed E-state index contributed by atoms with van der Waals surface area (Å²) in [6, 6.07) is 10.0. The first-order chi connectivity index (χ1) is 15.1. The monoisotopic (exact) mass is 455 g/mol. The number of aromatic nitrogens is 1. The first-order valence-electron chi connectivity index (χ1n) is 10.1. The van der Waals surface area contributed by atoms with E-state index in [1.807, 2.05) is 36.4 Å². The van der Waals surface area contributed by atoms with Crippen molar-refractivity contribution in [2.75, 3.05) is 25.7 Å². The molecule has 6 nitrogen and oxygen atoms in total. The highest BCUT2D eigenvalue weighted by Gasteiger charge is 2.18. The second-order valence-electron chi connectivity index (χ2n) is 7.12. The molecule has 1 amide bonds. The zero-order chi connectivity index (χ0) is 21.8.